The van der Waals surface area contributed by atoms with Gasteiger partial charge in [0.05, 0.1) is 25.7 Å². The van der Waals surface area contributed by atoms with Crippen molar-refractivity contribution in [2.45, 2.75) is 141 Å². The minimum atomic E-state index is -0.815. The molecule has 9 heteroatoms. The van der Waals surface area contributed by atoms with Gasteiger partial charge in [-0.3, -0.25) is 19.3 Å². The lowest BCUT2D eigenvalue weighted by molar-refractivity contribution is -0.163. The molecular formula is C36H56FNO7. The average Bonchev–Trinajstić information content (AvgIpc) is 3.02. The predicted octanol–water partition coefficient (Wildman–Crippen LogP) is 7.19. The number of nitrogens with zero attached hydrogens (tertiary/aromatic N) is 1. The molecule has 8 nitrogen and oxygen atoms in total. The fourth-order valence-corrected chi connectivity index (χ4v) is 6.53. The van der Waals surface area contributed by atoms with Gasteiger partial charge in [-0.25, -0.2) is 4.39 Å². The van der Waals surface area contributed by atoms with E-state index in [1.807, 2.05) is 17.9 Å². The van der Waals surface area contributed by atoms with Gasteiger partial charge in [0, 0.05) is 24.4 Å². The number of hydrogen-bond acceptors (Lipinski definition) is 7. The standard InChI is InChI=1S/C36H56FNO7/c1-5-7-14-18-32(31(39)17-15-12-10-8-9-11-13-16-19-33(40)41)45-34(42)25-38-26(3)35(36(43)44-4)30(24-29(38)6-2)27-20-22-28(37)23-21-27/h12,15,20-23,26,29-32,35,39H,5-11,13-14,16-19,24-25H2,1-4H3,(H,40,41)/b15-12-/t26?,29-,30-,31?,32?,35?/m1/s1. The second kappa shape index (κ2) is 21.1. The van der Waals surface area contributed by atoms with Crippen LogP contribution in [0.4, 0.5) is 4.39 Å². The topological polar surface area (TPSA) is 113 Å². The van der Waals surface area contributed by atoms with Gasteiger partial charge in [0.25, 0.3) is 0 Å². The summed E-state index contributed by atoms with van der Waals surface area (Å²) in [4.78, 5) is 39.0. The third-order valence-electron chi connectivity index (χ3n) is 9.14. The van der Waals surface area contributed by atoms with E-state index in [0.717, 1.165) is 63.4 Å². The predicted molar refractivity (Wildman–Crippen MR) is 173 cm³/mol. The van der Waals surface area contributed by atoms with E-state index in [1.54, 1.807) is 12.1 Å². The molecule has 1 saturated heterocycles. The SMILES string of the molecule is CCCCCC(OC(=O)CN1C(C)C(C(=O)OC)[C@@H](c2ccc(F)cc2)C[C@H]1CC)C(O)C/C=C\CCCCCCCC(=O)O. The highest BCUT2D eigenvalue weighted by molar-refractivity contribution is 5.76. The number of hydrogen-bond donors (Lipinski definition) is 2. The molecular weight excluding hydrogens is 577 g/mol. The van der Waals surface area contributed by atoms with Crippen LogP contribution in [0.5, 0.6) is 0 Å². The monoisotopic (exact) mass is 633 g/mol. The van der Waals surface area contributed by atoms with Crippen molar-refractivity contribution in [3.05, 3.63) is 47.8 Å². The van der Waals surface area contributed by atoms with E-state index >= 15 is 0 Å². The van der Waals surface area contributed by atoms with Crippen molar-refractivity contribution in [3.63, 3.8) is 0 Å². The number of ether oxygens (including phenoxy) is 2. The smallest absolute Gasteiger partial charge is 0.320 e. The summed E-state index contributed by atoms with van der Waals surface area (Å²) in [6.07, 6.45) is 13.6. The number of carboxylic acid groups (broad SMARTS) is 1. The van der Waals surface area contributed by atoms with Crippen LogP contribution in [0.3, 0.4) is 0 Å². The molecule has 4 unspecified atom stereocenters. The minimum absolute atomic E-state index is 0.00259. The van der Waals surface area contributed by atoms with Crippen molar-refractivity contribution in [3.8, 4) is 0 Å². The first-order valence-electron chi connectivity index (χ1n) is 17.0. The van der Waals surface area contributed by atoms with Crippen LogP contribution in [0.15, 0.2) is 36.4 Å². The number of unbranched alkanes of at least 4 members (excludes halogenated alkanes) is 7. The first-order valence-corrected chi connectivity index (χ1v) is 17.0. The highest BCUT2D eigenvalue weighted by Gasteiger charge is 2.46. The molecule has 0 spiro atoms. The first-order chi connectivity index (χ1) is 21.6. The number of halogens is 1. The maximum Gasteiger partial charge on any atom is 0.320 e. The molecule has 1 aromatic carbocycles. The van der Waals surface area contributed by atoms with Crippen LogP contribution >= 0.6 is 0 Å². The molecule has 1 heterocycles. The number of carboxylic acids is 1. The lowest BCUT2D eigenvalue weighted by Crippen LogP contribution is -2.56. The van der Waals surface area contributed by atoms with Crippen molar-refractivity contribution in [1.29, 1.82) is 0 Å². The molecule has 0 bridgehead atoms. The van der Waals surface area contributed by atoms with Gasteiger partial charge in [0.2, 0.25) is 0 Å². The van der Waals surface area contributed by atoms with Gasteiger partial charge in [-0.05, 0) is 76.0 Å². The second-order valence-corrected chi connectivity index (χ2v) is 12.4. The van der Waals surface area contributed by atoms with Crippen LogP contribution in [0, 0.1) is 11.7 Å². The van der Waals surface area contributed by atoms with Gasteiger partial charge < -0.3 is 19.7 Å². The van der Waals surface area contributed by atoms with Crippen LogP contribution in [-0.4, -0.2) is 71.0 Å². The molecule has 0 radical (unpaired) electrons. The zero-order chi connectivity index (χ0) is 33.2. The number of rotatable bonds is 21. The first kappa shape index (κ1) is 38.4. The van der Waals surface area contributed by atoms with E-state index in [-0.39, 0.29) is 42.8 Å². The van der Waals surface area contributed by atoms with Crippen molar-refractivity contribution in [2.24, 2.45) is 5.92 Å². The number of aliphatic carboxylic acids is 1. The highest BCUT2D eigenvalue weighted by atomic mass is 19.1. The quantitative estimate of drug-likeness (QED) is 0.0831. The normalized spacial score (nSPS) is 21.8. The molecule has 0 saturated carbocycles. The molecule has 1 aliphatic rings. The Balaban J connectivity index is 2.00. The van der Waals surface area contributed by atoms with Crippen molar-refractivity contribution < 1.29 is 38.5 Å². The number of aliphatic hydroxyl groups is 1. The van der Waals surface area contributed by atoms with Gasteiger partial charge in [-0.1, -0.05) is 70.2 Å². The molecule has 0 aliphatic carbocycles. The van der Waals surface area contributed by atoms with Crippen molar-refractivity contribution >= 4 is 17.9 Å². The Kier molecular flexibility index (Phi) is 18.0. The third kappa shape index (κ3) is 13.2. The Hall–Kier alpha value is -2.78. The van der Waals surface area contributed by atoms with Crippen LogP contribution < -0.4 is 0 Å². The van der Waals surface area contributed by atoms with Gasteiger partial charge >= 0.3 is 17.9 Å². The number of piperidine rings is 1. The average molecular weight is 634 g/mol. The summed E-state index contributed by atoms with van der Waals surface area (Å²) in [6.45, 7) is 6.09. The van der Waals surface area contributed by atoms with E-state index < -0.39 is 30.1 Å². The molecule has 1 aliphatic heterocycles. The van der Waals surface area contributed by atoms with E-state index in [1.165, 1.54) is 19.2 Å². The summed E-state index contributed by atoms with van der Waals surface area (Å²) in [7, 11) is 1.36. The Labute approximate surface area is 269 Å². The van der Waals surface area contributed by atoms with Crippen LogP contribution in [-0.2, 0) is 23.9 Å². The molecule has 0 amide bonds. The van der Waals surface area contributed by atoms with E-state index in [0.29, 0.717) is 25.7 Å². The lowest BCUT2D eigenvalue weighted by Gasteiger charge is -2.47. The van der Waals surface area contributed by atoms with Gasteiger partial charge in [-0.15, -0.1) is 0 Å². The molecule has 1 fully saturated rings. The fourth-order valence-electron chi connectivity index (χ4n) is 6.53. The molecule has 254 valence electrons. The summed E-state index contributed by atoms with van der Waals surface area (Å²) in [5, 5.41) is 19.7. The zero-order valence-electron chi connectivity index (χ0n) is 27.8. The maximum absolute atomic E-state index is 13.7. The molecule has 0 aromatic heterocycles. The largest absolute Gasteiger partial charge is 0.481 e. The van der Waals surface area contributed by atoms with Gasteiger partial charge in [-0.2, -0.15) is 0 Å². The summed E-state index contributed by atoms with van der Waals surface area (Å²) in [5.74, 6) is -2.56. The van der Waals surface area contributed by atoms with E-state index in [4.69, 9.17) is 14.6 Å². The number of carbonyl (C=O) groups excluding carboxylic acids is 2. The number of esters is 2. The molecule has 45 heavy (non-hydrogen) atoms. The highest BCUT2D eigenvalue weighted by Crippen LogP contribution is 2.41. The van der Waals surface area contributed by atoms with Crippen molar-refractivity contribution in [2.75, 3.05) is 13.7 Å². The number of carbonyl (C=O) groups is 3. The Morgan fingerprint density at radius 3 is 2.36 bits per heavy atom. The molecule has 2 N–H and O–H groups in total. The number of methoxy groups -OCH3 is 1. The molecule has 1 aromatic rings. The fraction of sp³-hybridized carbons (Fsp3) is 0.694. The minimum Gasteiger partial charge on any atom is -0.481 e. The summed E-state index contributed by atoms with van der Waals surface area (Å²) >= 11 is 0. The number of benzene rings is 1. The Morgan fingerprint density at radius 1 is 1.02 bits per heavy atom. The van der Waals surface area contributed by atoms with Crippen LogP contribution in [0.25, 0.3) is 0 Å². The van der Waals surface area contributed by atoms with E-state index in [2.05, 4.69) is 19.9 Å². The third-order valence-corrected chi connectivity index (χ3v) is 9.14. The lowest BCUT2D eigenvalue weighted by atomic mass is 9.73. The number of likely N-dealkylation sites (tertiary alicyclic amines) is 1. The van der Waals surface area contributed by atoms with Gasteiger partial charge in [0.15, 0.2) is 0 Å². The maximum atomic E-state index is 13.7. The zero-order valence-corrected chi connectivity index (χ0v) is 27.8. The summed E-state index contributed by atoms with van der Waals surface area (Å²) < 4.78 is 24.8. The summed E-state index contributed by atoms with van der Waals surface area (Å²) in [6, 6.07) is 5.95. The summed E-state index contributed by atoms with van der Waals surface area (Å²) in [5.41, 5.74) is 0.877. The Morgan fingerprint density at radius 2 is 1.71 bits per heavy atom. The van der Waals surface area contributed by atoms with Crippen LogP contribution in [0.1, 0.15) is 122 Å². The number of aliphatic hydroxyl groups excluding tert-OH is 1. The van der Waals surface area contributed by atoms with Crippen LogP contribution in [0.2, 0.25) is 0 Å². The molecule has 2 rings (SSSR count). The van der Waals surface area contributed by atoms with Gasteiger partial charge in [0.1, 0.15) is 11.9 Å². The second-order valence-electron chi connectivity index (χ2n) is 12.4. The Bertz CT molecular complexity index is 1050. The van der Waals surface area contributed by atoms with E-state index in [9.17, 15) is 23.9 Å². The molecule has 6 atom stereocenters. The number of allylic oxidation sites excluding steroid dienone is 1. The van der Waals surface area contributed by atoms with Crippen molar-refractivity contribution in [1.82, 2.24) is 4.90 Å².